The Balaban J connectivity index is 1.17. The Labute approximate surface area is 334 Å². The summed E-state index contributed by atoms with van der Waals surface area (Å²) in [4.78, 5) is 13.3. The summed E-state index contributed by atoms with van der Waals surface area (Å²) < 4.78 is 20.5. The maximum atomic E-state index is 12.6. The molecule has 0 saturated carbocycles. The van der Waals surface area contributed by atoms with Crippen LogP contribution in [-0.4, -0.2) is 11.1 Å². The summed E-state index contributed by atoms with van der Waals surface area (Å²) in [5.41, 5.74) is 7.26. The molecule has 0 amide bonds. The molecular formula is C49H35ClO5S. The predicted molar refractivity (Wildman–Crippen MR) is 228 cm³/mol. The summed E-state index contributed by atoms with van der Waals surface area (Å²) in [6.45, 7) is 0.607. The van der Waals surface area contributed by atoms with E-state index in [1.54, 1.807) is 42.5 Å². The third kappa shape index (κ3) is 8.53. The van der Waals surface area contributed by atoms with E-state index in [-0.39, 0.29) is 5.57 Å². The van der Waals surface area contributed by atoms with E-state index < -0.39 is 5.97 Å². The summed E-state index contributed by atoms with van der Waals surface area (Å²) in [7, 11) is 0. The van der Waals surface area contributed by atoms with E-state index >= 15 is 0 Å². The van der Waals surface area contributed by atoms with E-state index in [0.29, 0.717) is 51.7 Å². The number of rotatable bonds is 13. The van der Waals surface area contributed by atoms with Crippen LogP contribution >= 0.6 is 22.9 Å². The highest BCUT2D eigenvalue weighted by atomic mass is 35.5. The van der Waals surface area contributed by atoms with Gasteiger partial charge in [-0.25, -0.2) is 4.79 Å². The Morgan fingerprint density at radius 2 is 1.07 bits per heavy atom. The lowest BCUT2D eigenvalue weighted by Gasteiger charge is -2.15. The highest BCUT2D eigenvalue weighted by Gasteiger charge is 2.21. The number of thiophene rings is 1. The van der Waals surface area contributed by atoms with Gasteiger partial charge in [-0.05, 0) is 75.4 Å². The molecule has 8 aromatic rings. The van der Waals surface area contributed by atoms with Crippen molar-refractivity contribution in [3.8, 4) is 45.3 Å². The van der Waals surface area contributed by atoms with Crippen LogP contribution in [-0.2, 0) is 18.0 Å². The van der Waals surface area contributed by atoms with Crippen molar-refractivity contribution in [1.29, 1.82) is 0 Å². The van der Waals surface area contributed by atoms with Gasteiger partial charge in [-0.1, -0.05) is 151 Å². The maximum Gasteiger partial charge on any atom is 0.336 e. The fourth-order valence-electron chi connectivity index (χ4n) is 6.33. The molecule has 274 valence electrons. The van der Waals surface area contributed by atoms with Crippen molar-refractivity contribution in [2.45, 2.75) is 13.2 Å². The van der Waals surface area contributed by atoms with Crippen LogP contribution < -0.4 is 14.2 Å². The molecule has 0 saturated heterocycles. The molecule has 0 aliphatic heterocycles. The van der Waals surface area contributed by atoms with E-state index in [9.17, 15) is 9.90 Å². The van der Waals surface area contributed by atoms with Crippen molar-refractivity contribution >= 4 is 50.6 Å². The second-order valence-corrected chi connectivity index (χ2v) is 14.6. The molecule has 0 spiro atoms. The number of hydrogen-bond acceptors (Lipinski definition) is 5. The fraction of sp³-hybridized carbons (Fsp3) is 0.0408. The van der Waals surface area contributed by atoms with Crippen LogP contribution in [0.25, 0.3) is 44.0 Å². The number of hydrogen-bond donors (Lipinski definition) is 1. The molecule has 0 aliphatic carbocycles. The topological polar surface area (TPSA) is 65.0 Å². The normalized spacial score (nSPS) is 11.3. The van der Waals surface area contributed by atoms with Crippen LogP contribution in [0, 0.1) is 0 Å². The zero-order chi connectivity index (χ0) is 38.3. The SMILES string of the molecule is O=C(O)/C(=C/c1sc2cc(OCc3ccc(-c4ccccc4)cc3)c(OCc3ccc(-c4ccccc4)cc3)cc2c1Oc1ccc(Cl)cc1)c1ccccc1. The molecule has 7 aromatic carbocycles. The number of ether oxygens (including phenoxy) is 3. The lowest BCUT2D eigenvalue weighted by molar-refractivity contribution is -0.130. The molecule has 0 atom stereocenters. The van der Waals surface area contributed by atoms with Crippen molar-refractivity contribution in [3.63, 3.8) is 0 Å². The molecule has 1 aromatic heterocycles. The van der Waals surface area contributed by atoms with E-state index in [2.05, 4.69) is 72.8 Å². The van der Waals surface area contributed by atoms with Crippen LogP contribution in [0.2, 0.25) is 5.02 Å². The first kappa shape index (κ1) is 36.4. The zero-order valence-corrected chi connectivity index (χ0v) is 31.7. The summed E-state index contributed by atoms with van der Waals surface area (Å²) >= 11 is 7.62. The number of carbonyl (C=O) groups is 1. The molecule has 5 nitrogen and oxygen atoms in total. The van der Waals surface area contributed by atoms with Gasteiger partial charge in [0.1, 0.15) is 19.0 Å². The lowest BCUT2D eigenvalue weighted by Crippen LogP contribution is -2.01. The molecular weight excluding hydrogens is 736 g/mol. The second-order valence-electron chi connectivity index (χ2n) is 13.1. The van der Waals surface area contributed by atoms with E-state index in [1.807, 2.05) is 66.7 Å². The zero-order valence-electron chi connectivity index (χ0n) is 30.1. The summed E-state index contributed by atoms with van der Waals surface area (Å²) in [5.74, 6) is 1.10. The van der Waals surface area contributed by atoms with Crippen LogP contribution in [0.5, 0.6) is 23.0 Å². The molecule has 1 heterocycles. The molecule has 0 unspecified atom stereocenters. The minimum Gasteiger partial charge on any atom is -0.485 e. The molecule has 0 aliphatic rings. The smallest absolute Gasteiger partial charge is 0.336 e. The average molecular weight is 771 g/mol. The Morgan fingerprint density at radius 1 is 0.589 bits per heavy atom. The minimum atomic E-state index is -1.05. The first-order valence-corrected chi connectivity index (χ1v) is 19.2. The molecule has 0 bridgehead atoms. The number of aliphatic carboxylic acids is 1. The van der Waals surface area contributed by atoms with Crippen LogP contribution in [0.4, 0.5) is 0 Å². The predicted octanol–water partition coefficient (Wildman–Crippen LogP) is 13.5. The van der Waals surface area contributed by atoms with Crippen LogP contribution in [0.15, 0.2) is 176 Å². The lowest BCUT2D eigenvalue weighted by atomic mass is 10.0. The van der Waals surface area contributed by atoms with Gasteiger partial charge in [0.25, 0.3) is 0 Å². The molecule has 56 heavy (non-hydrogen) atoms. The fourth-order valence-corrected chi connectivity index (χ4v) is 7.55. The first-order valence-electron chi connectivity index (χ1n) is 18.1. The Kier molecular flexibility index (Phi) is 10.9. The van der Waals surface area contributed by atoms with Gasteiger partial charge in [-0.15, -0.1) is 11.3 Å². The number of benzene rings is 7. The standard InChI is InChI=1S/C49H35ClO5S/c50-40-24-26-41(27-25-40)55-48-43-28-44(53-31-33-16-20-37(21-17-33)35-10-4-1-5-11-35)45(54-32-34-18-22-38(23-19-34)36-12-6-2-7-13-36)30-46(43)56-47(48)29-42(49(51)52)39-14-8-3-9-15-39/h1-30H,31-32H2,(H,51,52)/b42-29+. The largest absolute Gasteiger partial charge is 0.485 e. The molecule has 0 fully saturated rings. The van der Waals surface area contributed by atoms with E-state index in [1.165, 1.54) is 11.3 Å². The van der Waals surface area contributed by atoms with Crippen molar-refractivity contribution in [3.05, 3.63) is 203 Å². The Morgan fingerprint density at radius 3 is 1.59 bits per heavy atom. The molecule has 8 rings (SSSR count). The summed E-state index contributed by atoms with van der Waals surface area (Å²) in [6, 6.07) is 57.1. The van der Waals surface area contributed by atoms with Crippen molar-refractivity contribution < 1.29 is 24.1 Å². The van der Waals surface area contributed by atoms with Gasteiger partial charge in [-0.2, -0.15) is 0 Å². The molecule has 0 radical (unpaired) electrons. The van der Waals surface area contributed by atoms with Gasteiger partial charge in [0.05, 0.1) is 10.5 Å². The summed E-state index contributed by atoms with van der Waals surface area (Å²) in [6.07, 6.45) is 1.66. The average Bonchev–Trinajstić information content (AvgIpc) is 3.57. The van der Waals surface area contributed by atoms with E-state index in [0.717, 1.165) is 43.5 Å². The molecule has 7 heteroatoms. The number of halogens is 1. The minimum absolute atomic E-state index is 0.143. The van der Waals surface area contributed by atoms with Gasteiger partial charge in [0.2, 0.25) is 0 Å². The van der Waals surface area contributed by atoms with Gasteiger partial charge in [0.15, 0.2) is 17.2 Å². The van der Waals surface area contributed by atoms with Gasteiger partial charge >= 0.3 is 5.97 Å². The van der Waals surface area contributed by atoms with Gasteiger partial charge < -0.3 is 19.3 Å². The quantitative estimate of drug-likeness (QED) is 0.118. The third-order valence-electron chi connectivity index (χ3n) is 9.27. The first-order chi connectivity index (χ1) is 27.5. The highest BCUT2D eigenvalue weighted by Crippen LogP contribution is 2.47. The Hall–Kier alpha value is -6.60. The Bertz CT molecular complexity index is 2600. The monoisotopic (exact) mass is 770 g/mol. The van der Waals surface area contributed by atoms with Crippen molar-refractivity contribution in [2.24, 2.45) is 0 Å². The van der Waals surface area contributed by atoms with Crippen LogP contribution in [0.3, 0.4) is 0 Å². The van der Waals surface area contributed by atoms with Crippen molar-refractivity contribution in [2.75, 3.05) is 0 Å². The second kappa shape index (κ2) is 16.8. The number of carboxylic acid groups (broad SMARTS) is 1. The highest BCUT2D eigenvalue weighted by molar-refractivity contribution is 7.20. The van der Waals surface area contributed by atoms with Crippen LogP contribution in [0.1, 0.15) is 21.6 Å². The maximum absolute atomic E-state index is 12.6. The number of carboxylic acids is 1. The van der Waals surface area contributed by atoms with Crippen molar-refractivity contribution in [1.82, 2.24) is 0 Å². The summed E-state index contributed by atoms with van der Waals surface area (Å²) in [5, 5.41) is 11.7. The van der Waals surface area contributed by atoms with Gasteiger partial charge in [0, 0.05) is 21.2 Å². The van der Waals surface area contributed by atoms with E-state index in [4.69, 9.17) is 25.8 Å². The molecule has 1 N–H and O–H groups in total. The number of fused-ring (bicyclic) bond motifs is 1. The third-order valence-corrected chi connectivity index (χ3v) is 10.6. The van der Waals surface area contributed by atoms with Gasteiger partial charge in [-0.3, -0.25) is 0 Å².